The zero-order valence-corrected chi connectivity index (χ0v) is 13.2. The number of nitrogens with zero attached hydrogens (tertiary/aromatic N) is 1. The van der Waals surface area contributed by atoms with Crippen LogP contribution in [0.3, 0.4) is 0 Å². The minimum atomic E-state index is 0.814. The fraction of sp³-hybridized carbons (Fsp3) is 0.667. The predicted octanol–water partition coefficient (Wildman–Crippen LogP) is 3.05. The van der Waals surface area contributed by atoms with E-state index in [2.05, 4.69) is 34.5 Å². The lowest BCUT2D eigenvalue weighted by atomic mass is 9.92. The molecule has 21 heavy (non-hydrogen) atoms. The summed E-state index contributed by atoms with van der Waals surface area (Å²) in [6.07, 6.45) is 7.12. The number of benzene rings is 1. The van der Waals surface area contributed by atoms with Gasteiger partial charge in [0.05, 0.1) is 0 Å². The number of rotatable bonds is 6. The van der Waals surface area contributed by atoms with E-state index in [9.17, 15) is 0 Å². The average Bonchev–Trinajstić information content (AvgIpc) is 2.99. The second kappa shape index (κ2) is 7.28. The van der Waals surface area contributed by atoms with E-state index in [0.717, 1.165) is 37.4 Å². The molecule has 1 aromatic rings. The molecule has 3 rings (SSSR count). The van der Waals surface area contributed by atoms with Gasteiger partial charge in [-0.3, -0.25) is 4.90 Å². The van der Waals surface area contributed by atoms with Crippen LogP contribution in [0.1, 0.15) is 37.7 Å². The summed E-state index contributed by atoms with van der Waals surface area (Å²) in [5.41, 5.74) is 1.30. The van der Waals surface area contributed by atoms with Crippen molar-refractivity contribution in [3.8, 4) is 5.75 Å². The quantitative estimate of drug-likeness (QED) is 0.871. The fourth-order valence-electron chi connectivity index (χ4n) is 4.02. The van der Waals surface area contributed by atoms with E-state index in [1.165, 1.54) is 44.2 Å². The number of hydrogen-bond acceptors (Lipinski definition) is 3. The van der Waals surface area contributed by atoms with Crippen molar-refractivity contribution in [2.24, 2.45) is 5.92 Å². The van der Waals surface area contributed by atoms with Crippen LogP contribution in [-0.4, -0.2) is 37.7 Å². The molecule has 1 saturated heterocycles. The molecule has 3 nitrogen and oxygen atoms in total. The molecule has 3 heteroatoms. The van der Waals surface area contributed by atoms with Crippen molar-refractivity contribution in [1.29, 1.82) is 0 Å². The molecule has 1 saturated carbocycles. The first-order chi connectivity index (χ1) is 10.4. The third kappa shape index (κ3) is 3.78. The van der Waals surface area contributed by atoms with E-state index in [4.69, 9.17) is 4.74 Å². The van der Waals surface area contributed by atoms with Gasteiger partial charge in [-0.1, -0.05) is 18.6 Å². The van der Waals surface area contributed by atoms with Gasteiger partial charge in [0.2, 0.25) is 0 Å². The third-order valence-electron chi connectivity index (χ3n) is 5.06. The van der Waals surface area contributed by atoms with Crippen molar-refractivity contribution >= 4 is 0 Å². The fourth-order valence-corrected chi connectivity index (χ4v) is 4.02. The van der Waals surface area contributed by atoms with Gasteiger partial charge >= 0.3 is 0 Å². The van der Waals surface area contributed by atoms with Crippen molar-refractivity contribution in [2.75, 3.05) is 26.7 Å². The summed E-state index contributed by atoms with van der Waals surface area (Å²) in [4.78, 5) is 2.68. The summed E-state index contributed by atoms with van der Waals surface area (Å²) < 4.78 is 5.93. The summed E-state index contributed by atoms with van der Waals surface area (Å²) in [5.74, 6) is 1.97. The molecule has 2 atom stereocenters. The molecule has 1 heterocycles. The minimum Gasteiger partial charge on any atom is -0.492 e. The summed E-state index contributed by atoms with van der Waals surface area (Å²) >= 11 is 0. The molecule has 1 aromatic carbocycles. The number of hydrogen-bond donors (Lipinski definition) is 1. The summed E-state index contributed by atoms with van der Waals surface area (Å²) in [6.45, 7) is 4.08. The molecule has 0 radical (unpaired) electrons. The lowest BCUT2D eigenvalue weighted by Gasteiger charge is -2.37. The molecule has 0 bridgehead atoms. The molecule has 0 amide bonds. The molecule has 0 aromatic heterocycles. The molecule has 2 unspecified atom stereocenters. The zero-order valence-electron chi connectivity index (χ0n) is 13.2. The Bertz CT molecular complexity index is 431. The van der Waals surface area contributed by atoms with Gasteiger partial charge in [-0.15, -0.1) is 0 Å². The largest absolute Gasteiger partial charge is 0.492 e. The number of nitrogens with one attached hydrogen (secondary N) is 1. The highest BCUT2D eigenvalue weighted by Gasteiger charge is 2.34. The standard InChI is InChI=1S/C18H28N2O/c1-19-14-15-7-9-17(10-8-15)21-13-12-20-11-3-5-16-4-2-6-18(16)20/h7-10,16,18-19H,2-6,11-14H2,1H3. The third-order valence-corrected chi connectivity index (χ3v) is 5.06. The van der Waals surface area contributed by atoms with Crippen LogP contribution in [0.2, 0.25) is 0 Å². The molecule has 2 aliphatic rings. The molecular weight excluding hydrogens is 260 g/mol. The Morgan fingerprint density at radius 2 is 1.95 bits per heavy atom. The lowest BCUT2D eigenvalue weighted by Crippen LogP contribution is -2.44. The van der Waals surface area contributed by atoms with Crippen LogP contribution < -0.4 is 10.1 Å². The van der Waals surface area contributed by atoms with Crippen molar-refractivity contribution in [1.82, 2.24) is 10.2 Å². The van der Waals surface area contributed by atoms with E-state index >= 15 is 0 Å². The molecule has 1 aliphatic heterocycles. The van der Waals surface area contributed by atoms with Crippen LogP contribution in [-0.2, 0) is 6.54 Å². The molecule has 2 fully saturated rings. The maximum absolute atomic E-state index is 5.93. The Hall–Kier alpha value is -1.06. The number of piperidine rings is 1. The second-order valence-electron chi connectivity index (χ2n) is 6.46. The molecule has 0 spiro atoms. The summed E-state index contributed by atoms with van der Waals surface area (Å²) in [7, 11) is 1.97. The van der Waals surface area contributed by atoms with Gasteiger partial charge in [-0.2, -0.15) is 0 Å². The van der Waals surface area contributed by atoms with Crippen LogP contribution in [0, 0.1) is 5.92 Å². The van der Waals surface area contributed by atoms with Crippen molar-refractivity contribution in [3.63, 3.8) is 0 Å². The Balaban J connectivity index is 1.45. The van der Waals surface area contributed by atoms with Crippen molar-refractivity contribution < 1.29 is 4.74 Å². The topological polar surface area (TPSA) is 24.5 Å². The Kier molecular flexibility index (Phi) is 5.15. The number of ether oxygens (including phenoxy) is 1. The Morgan fingerprint density at radius 1 is 1.14 bits per heavy atom. The number of fused-ring (bicyclic) bond motifs is 1. The Morgan fingerprint density at radius 3 is 2.76 bits per heavy atom. The van der Waals surface area contributed by atoms with E-state index in [0.29, 0.717) is 0 Å². The normalized spacial score (nSPS) is 25.8. The van der Waals surface area contributed by atoms with Crippen LogP contribution in [0.15, 0.2) is 24.3 Å². The van der Waals surface area contributed by atoms with Gasteiger partial charge in [-0.25, -0.2) is 0 Å². The highest BCUT2D eigenvalue weighted by molar-refractivity contribution is 5.27. The van der Waals surface area contributed by atoms with Crippen LogP contribution in [0.5, 0.6) is 5.75 Å². The van der Waals surface area contributed by atoms with Gasteiger partial charge in [0.25, 0.3) is 0 Å². The highest BCUT2D eigenvalue weighted by atomic mass is 16.5. The monoisotopic (exact) mass is 288 g/mol. The van der Waals surface area contributed by atoms with Crippen LogP contribution in [0.25, 0.3) is 0 Å². The van der Waals surface area contributed by atoms with Crippen molar-refractivity contribution in [2.45, 2.75) is 44.7 Å². The molecule has 116 valence electrons. The van der Waals surface area contributed by atoms with Gasteiger partial charge in [0, 0.05) is 19.1 Å². The maximum atomic E-state index is 5.93. The molecule has 1 aliphatic carbocycles. The number of likely N-dealkylation sites (tertiary alicyclic amines) is 1. The van der Waals surface area contributed by atoms with Gasteiger partial charge in [0.15, 0.2) is 0 Å². The highest BCUT2D eigenvalue weighted by Crippen LogP contribution is 2.36. The molecule has 1 N–H and O–H groups in total. The lowest BCUT2D eigenvalue weighted by molar-refractivity contribution is 0.0951. The first-order valence-corrected chi connectivity index (χ1v) is 8.47. The van der Waals surface area contributed by atoms with E-state index < -0.39 is 0 Å². The average molecular weight is 288 g/mol. The van der Waals surface area contributed by atoms with Crippen LogP contribution >= 0.6 is 0 Å². The van der Waals surface area contributed by atoms with Crippen LogP contribution in [0.4, 0.5) is 0 Å². The summed E-state index contributed by atoms with van der Waals surface area (Å²) in [5, 5.41) is 3.16. The Labute approximate surface area is 128 Å². The minimum absolute atomic E-state index is 0.814. The summed E-state index contributed by atoms with van der Waals surface area (Å²) in [6, 6.07) is 9.29. The predicted molar refractivity (Wildman–Crippen MR) is 86.6 cm³/mol. The smallest absolute Gasteiger partial charge is 0.119 e. The zero-order chi connectivity index (χ0) is 14.5. The first kappa shape index (κ1) is 14.9. The van der Waals surface area contributed by atoms with E-state index in [-0.39, 0.29) is 0 Å². The van der Waals surface area contributed by atoms with Gasteiger partial charge in [-0.05, 0) is 62.9 Å². The SMILES string of the molecule is CNCc1ccc(OCCN2CCCC3CCCC32)cc1. The van der Waals surface area contributed by atoms with Crippen molar-refractivity contribution in [3.05, 3.63) is 29.8 Å². The van der Waals surface area contributed by atoms with Gasteiger partial charge < -0.3 is 10.1 Å². The van der Waals surface area contributed by atoms with E-state index in [1.807, 2.05) is 7.05 Å². The van der Waals surface area contributed by atoms with E-state index in [1.54, 1.807) is 0 Å². The van der Waals surface area contributed by atoms with Gasteiger partial charge in [0.1, 0.15) is 12.4 Å². The first-order valence-electron chi connectivity index (χ1n) is 8.47. The maximum Gasteiger partial charge on any atom is 0.119 e. The molecular formula is C18H28N2O. The second-order valence-corrected chi connectivity index (χ2v) is 6.46.